The summed E-state index contributed by atoms with van der Waals surface area (Å²) in [5, 5.41) is 0. The number of allylic oxidation sites excluding steroid dienone is 1. The molecule has 0 amide bonds. The van der Waals surface area contributed by atoms with E-state index in [4.69, 9.17) is 9.47 Å². The predicted molar refractivity (Wildman–Crippen MR) is 78.3 cm³/mol. The lowest BCUT2D eigenvalue weighted by Crippen LogP contribution is -2.35. The van der Waals surface area contributed by atoms with Gasteiger partial charge in [0, 0.05) is 18.2 Å². The van der Waals surface area contributed by atoms with E-state index < -0.39 is 0 Å². The first kappa shape index (κ1) is 12.5. The molecule has 20 heavy (non-hydrogen) atoms. The maximum absolute atomic E-state index is 5.38. The van der Waals surface area contributed by atoms with E-state index in [1.54, 1.807) is 0 Å². The maximum Gasteiger partial charge on any atom is 0.231 e. The van der Waals surface area contributed by atoms with Crippen LogP contribution in [0.3, 0.4) is 0 Å². The smallest absolute Gasteiger partial charge is 0.231 e. The van der Waals surface area contributed by atoms with Crippen molar-refractivity contribution in [1.29, 1.82) is 0 Å². The SMILES string of the molecule is C=CC[n+]1ccccc1/C=C\c1ccc2c(c1)OCO2. The topological polar surface area (TPSA) is 22.3 Å². The van der Waals surface area contributed by atoms with E-state index in [2.05, 4.69) is 29.4 Å². The maximum atomic E-state index is 5.38. The molecule has 0 saturated heterocycles. The lowest BCUT2D eigenvalue weighted by atomic mass is 10.1. The van der Waals surface area contributed by atoms with Crippen molar-refractivity contribution in [1.82, 2.24) is 0 Å². The van der Waals surface area contributed by atoms with Crippen molar-refractivity contribution >= 4 is 12.2 Å². The van der Waals surface area contributed by atoms with E-state index in [0.717, 1.165) is 29.3 Å². The fourth-order valence-corrected chi connectivity index (χ4v) is 2.14. The van der Waals surface area contributed by atoms with E-state index in [1.165, 1.54) is 0 Å². The second-order valence-corrected chi connectivity index (χ2v) is 4.51. The van der Waals surface area contributed by atoms with E-state index >= 15 is 0 Å². The summed E-state index contributed by atoms with van der Waals surface area (Å²) in [5.41, 5.74) is 2.22. The molecule has 0 aliphatic carbocycles. The van der Waals surface area contributed by atoms with Gasteiger partial charge in [-0.3, -0.25) is 0 Å². The molecule has 3 nitrogen and oxygen atoms in total. The molecule has 100 valence electrons. The molecule has 0 N–H and O–H groups in total. The quantitative estimate of drug-likeness (QED) is 0.627. The van der Waals surface area contributed by atoms with Crippen molar-refractivity contribution < 1.29 is 14.0 Å². The predicted octanol–water partition coefficient (Wildman–Crippen LogP) is 3.06. The Morgan fingerprint density at radius 1 is 1.10 bits per heavy atom. The number of fused-ring (bicyclic) bond motifs is 1. The molecule has 3 heteroatoms. The van der Waals surface area contributed by atoms with Crippen LogP contribution in [0, 0.1) is 0 Å². The molecule has 0 fully saturated rings. The van der Waals surface area contributed by atoms with Crippen LogP contribution in [-0.4, -0.2) is 6.79 Å². The minimum atomic E-state index is 0.306. The number of hydrogen-bond donors (Lipinski definition) is 0. The molecule has 1 aromatic carbocycles. The summed E-state index contributed by atoms with van der Waals surface area (Å²) >= 11 is 0. The van der Waals surface area contributed by atoms with Crippen molar-refractivity contribution in [2.45, 2.75) is 6.54 Å². The van der Waals surface area contributed by atoms with Crippen LogP contribution >= 0.6 is 0 Å². The summed E-state index contributed by atoms with van der Waals surface area (Å²) in [6.07, 6.45) is 8.08. The Morgan fingerprint density at radius 3 is 2.90 bits per heavy atom. The molecule has 0 radical (unpaired) electrons. The van der Waals surface area contributed by atoms with Crippen LogP contribution in [0.1, 0.15) is 11.3 Å². The third-order valence-electron chi connectivity index (χ3n) is 3.14. The van der Waals surface area contributed by atoms with Gasteiger partial charge in [-0.2, -0.15) is 4.57 Å². The fourth-order valence-electron chi connectivity index (χ4n) is 2.14. The molecule has 1 aliphatic heterocycles. The van der Waals surface area contributed by atoms with E-state index in [1.807, 2.05) is 42.6 Å². The van der Waals surface area contributed by atoms with Crippen molar-refractivity contribution in [2.75, 3.05) is 6.79 Å². The number of rotatable bonds is 4. The van der Waals surface area contributed by atoms with Crippen LogP contribution in [-0.2, 0) is 6.54 Å². The first-order valence-corrected chi connectivity index (χ1v) is 6.54. The minimum absolute atomic E-state index is 0.306. The summed E-state index contributed by atoms with van der Waals surface area (Å²) in [4.78, 5) is 0. The molecule has 2 aromatic rings. The van der Waals surface area contributed by atoms with Crippen LogP contribution in [0.15, 0.2) is 55.3 Å². The highest BCUT2D eigenvalue weighted by Crippen LogP contribution is 2.32. The lowest BCUT2D eigenvalue weighted by molar-refractivity contribution is -0.688. The molecule has 3 rings (SSSR count). The van der Waals surface area contributed by atoms with Crippen molar-refractivity contribution in [2.24, 2.45) is 0 Å². The van der Waals surface area contributed by atoms with Gasteiger partial charge in [0.15, 0.2) is 24.2 Å². The van der Waals surface area contributed by atoms with Gasteiger partial charge in [0.2, 0.25) is 12.5 Å². The molecule has 0 atom stereocenters. The summed E-state index contributed by atoms with van der Waals surface area (Å²) in [6.45, 7) is 4.88. The zero-order valence-electron chi connectivity index (χ0n) is 11.2. The number of hydrogen-bond acceptors (Lipinski definition) is 2. The zero-order chi connectivity index (χ0) is 13.8. The number of pyridine rings is 1. The van der Waals surface area contributed by atoms with Crippen LogP contribution in [0.5, 0.6) is 11.5 Å². The number of nitrogens with zero attached hydrogens (tertiary/aromatic N) is 1. The molecular weight excluding hydrogens is 250 g/mol. The average molecular weight is 266 g/mol. The summed E-state index contributed by atoms with van der Waals surface area (Å²) in [5.74, 6) is 1.61. The monoisotopic (exact) mass is 266 g/mol. The van der Waals surface area contributed by atoms with Gasteiger partial charge in [0.05, 0.1) is 0 Å². The van der Waals surface area contributed by atoms with Gasteiger partial charge in [-0.15, -0.1) is 0 Å². The minimum Gasteiger partial charge on any atom is -0.454 e. The Bertz CT molecular complexity index is 662. The standard InChI is InChI=1S/C17H16NO2/c1-2-10-18-11-4-3-5-15(18)8-6-14-7-9-16-17(12-14)20-13-19-16/h2-9,11-12H,1,10,13H2/q+1/b8-6-. The second-order valence-electron chi connectivity index (χ2n) is 4.51. The average Bonchev–Trinajstić information content (AvgIpc) is 2.94. The van der Waals surface area contributed by atoms with Gasteiger partial charge in [-0.05, 0) is 35.9 Å². The van der Waals surface area contributed by atoms with E-state index in [9.17, 15) is 0 Å². The van der Waals surface area contributed by atoms with Gasteiger partial charge >= 0.3 is 0 Å². The first-order chi connectivity index (χ1) is 9.86. The molecular formula is C17H16NO2+. The largest absolute Gasteiger partial charge is 0.454 e. The van der Waals surface area contributed by atoms with Gasteiger partial charge in [-0.25, -0.2) is 0 Å². The summed E-state index contributed by atoms with van der Waals surface area (Å²) in [7, 11) is 0. The van der Waals surface area contributed by atoms with E-state index in [-0.39, 0.29) is 0 Å². The third-order valence-corrected chi connectivity index (χ3v) is 3.14. The Balaban J connectivity index is 1.85. The Morgan fingerprint density at radius 2 is 2.00 bits per heavy atom. The van der Waals surface area contributed by atoms with Gasteiger partial charge in [0.25, 0.3) is 0 Å². The molecule has 0 spiro atoms. The highest BCUT2D eigenvalue weighted by atomic mass is 16.7. The van der Waals surface area contributed by atoms with Gasteiger partial charge in [0.1, 0.15) is 0 Å². The van der Waals surface area contributed by atoms with E-state index in [0.29, 0.717) is 6.79 Å². The normalized spacial score (nSPS) is 12.8. The third kappa shape index (κ3) is 2.57. The lowest BCUT2D eigenvalue weighted by Gasteiger charge is -1.99. The Hall–Kier alpha value is -2.55. The second kappa shape index (κ2) is 5.61. The van der Waals surface area contributed by atoms with Crippen LogP contribution in [0.4, 0.5) is 0 Å². The van der Waals surface area contributed by atoms with Crippen LogP contribution in [0.2, 0.25) is 0 Å². The van der Waals surface area contributed by atoms with Crippen molar-refractivity contribution in [3.8, 4) is 11.5 Å². The molecule has 0 saturated carbocycles. The van der Waals surface area contributed by atoms with Crippen molar-refractivity contribution in [3.63, 3.8) is 0 Å². The van der Waals surface area contributed by atoms with Crippen LogP contribution < -0.4 is 14.0 Å². The van der Waals surface area contributed by atoms with Gasteiger partial charge in [-0.1, -0.05) is 12.6 Å². The fraction of sp³-hybridized carbons (Fsp3) is 0.118. The highest BCUT2D eigenvalue weighted by molar-refractivity contribution is 5.68. The van der Waals surface area contributed by atoms with Crippen molar-refractivity contribution in [3.05, 3.63) is 66.5 Å². The summed E-state index contributed by atoms with van der Waals surface area (Å²) < 4.78 is 12.8. The van der Waals surface area contributed by atoms with Gasteiger partial charge < -0.3 is 9.47 Å². The molecule has 1 aromatic heterocycles. The number of benzene rings is 1. The number of aromatic nitrogens is 1. The molecule has 0 unspecified atom stereocenters. The van der Waals surface area contributed by atoms with Crippen LogP contribution in [0.25, 0.3) is 12.2 Å². The summed E-state index contributed by atoms with van der Waals surface area (Å²) in [6, 6.07) is 12.1. The molecule has 0 bridgehead atoms. The highest BCUT2D eigenvalue weighted by Gasteiger charge is 2.12. The zero-order valence-corrected chi connectivity index (χ0v) is 11.2. The molecule has 2 heterocycles. The first-order valence-electron chi connectivity index (χ1n) is 6.54. The molecule has 1 aliphatic rings. The Labute approximate surface area is 118 Å². The Kier molecular flexibility index (Phi) is 3.50. The number of ether oxygens (including phenoxy) is 2.